The molecule has 0 radical (unpaired) electrons. The fraction of sp³-hybridized carbons (Fsp3) is 0.259. The minimum absolute atomic E-state index is 0.148. The summed E-state index contributed by atoms with van der Waals surface area (Å²) in [5.74, 6) is 0.835. The van der Waals surface area contributed by atoms with Crippen molar-refractivity contribution < 1.29 is 23.8 Å². The standard InChI is InChI=1S/C27H28Cl2N2O5/c1-5-35-25(32)16-31(27(33)30-17(2)3)19-13-22(28)26(23(29)14-19)36-20-11-12-24(34-4)21(15-20)18-9-7-6-8-10-18/h6-15,17H,5,16H2,1-4H3,(H,30,33). The number of benzene rings is 3. The lowest BCUT2D eigenvalue weighted by Crippen LogP contribution is -2.45. The Hall–Kier alpha value is -3.42. The molecule has 0 heterocycles. The van der Waals surface area contributed by atoms with Gasteiger partial charge >= 0.3 is 12.0 Å². The normalized spacial score (nSPS) is 10.6. The molecule has 0 aromatic heterocycles. The van der Waals surface area contributed by atoms with Gasteiger partial charge < -0.3 is 19.5 Å². The van der Waals surface area contributed by atoms with Gasteiger partial charge in [0, 0.05) is 17.3 Å². The third-order valence-electron chi connectivity index (χ3n) is 5.02. The van der Waals surface area contributed by atoms with Crippen LogP contribution in [0, 0.1) is 0 Å². The summed E-state index contributed by atoms with van der Waals surface area (Å²) < 4.78 is 16.6. The molecule has 3 aromatic carbocycles. The zero-order chi connectivity index (χ0) is 26.2. The molecule has 0 aliphatic carbocycles. The number of methoxy groups -OCH3 is 1. The molecule has 190 valence electrons. The van der Waals surface area contributed by atoms with Crippen molar-refractivity contribution in [2.75, 3.05) is 25.2 Å². The summed E-state index contributed by atoms with van der Waals surface area (Å²) >= 11 is 13.1. The number of hydrogen-bond donors (Lipinski definition) is 1. The maximum absolute atomic E-state index is 12.8. The number of rotatable bonds is 9. The second-order valence-electron chi connectivity index (χ2n) is 8.06. The van der Waals surface area contributed by atoms with E-state index in [1.165, 1.54) is 17.0 Å². The van der Waals surface area contributed by atoms with Crippen LogP contribution in [0.25, 0.3) is 11.1 Å². The SMILES string of the molecule is CCOC(=O)CN(C(=O)NC(C)C)c1cc(Cl)c(Oc2ccc(OC)c(-c3ccccc3)c2)c(Cl)c1. The number of nitrogens with zero attached hydrogens (tertiary/aromatic N) is 1. The highest BCUT2D eigenvalue weighted by atomic mass is 35.5. The Morgan fingerprint density at radius 1 is 1.00 bits per heavy atom. The monoisotopic (exact) mass is 530 g/mol. The Labute approximate surface area is 220 Å². The van der Waals surface area contributed by atoms with E-state index in [1.807, 2.05) is 50.2 Å². The van der Waals surface area contributed by atoms with Crippen LogP contribution in [0.3, 0.4) is 0 Å². The van der Waals surface area contributed by atoms with E-state index in [0.717, 1.165) is 11.1 Å². The molecule has 9 heteroatoms. The summed E-state index contributed by atoms with van der Waals surface area (Å²) in [6.07, 6.45) is 0. The zero-order valence-electron chi connectivity index (χ0n) is 20.5. The van der Waals surface area contributed by atoms with E-state index in [2.05, 4.69) is 5.32 Å². The second kappa shape index (κ2) is 12.5. The molecule has 0 atom stereocenters. The van der Waals surface area contributed by atoms with Crippen LogP contribution in [0.4, 0.5) is 10.5 Å². The molecule has 1 N–H and O–H groups in total. The summed E-state index contributed by atoms with van der Waals surface area (Å²) in [5, 5.41) is 3.10. The van der Waals surface area contributed by atoms with Gasteiger partial charge in [0.25, 0.3) is 0 Å². The summed E-state index contributed by atoms with van der Waals surface area (Å²) in [4.78, 5) is 26.2. The molecule has 0 bridgehead atoms. The van der Waals surface area contributed by atoms with Gasteiger partial charge in [0.1, 0.15) is 18.0 Å². The molecule has 0 aliphatic heterocycles. The summed E-state index contributed by atoms with van der Waals surface area (Å²) in [5.41, 5.74) is 2.12. The van der Waals surface area contributed by atoms with Gasteiger partial charge in [0.2, 0.25) is 0 Å². The van der Waals surface area contributed by atoms with E-state index >= 15 is 0 Å². The molecular weight excluding hydrogens is 503 g/mol. The number of urea groups is 1. The van der Waals surface area contributed by atoms with Crippen molar-refractivity contribution in [1.82, 2.24) is 5.32 Å². The van der Waals surface area contributed by atoms with Gasteiger partial charge in [-0.3, -0.25) is 9.69 Å². The summed E-state index contributed by atoms with van der Waals surface area (Å²) in [6, 6.07) is 17.5. The average molecular weight is 531 g/mol. The number of carbonyl (C=O) groups excluding carboxylic acids is 2. The van der Waals surface area contributed by atoms with E-state index in [-0.39, 0.29) is 35.0 Å². The number of esters is 1. The molecular formula is C27H28Cl2N2O5. The third kappa shape index (κ3) is 6.83. The lowest BCUT2D eigenvalue weighted by atomic mass is 10.0. The van der Waals surface area contributed by atoms with Crippen LogP contribution in [0.5, 0.6) is 17.2 Å². The lowest BCUT2D eigenvalue weighted by Gasteiger charge is -2.24. The van der Waals surface area contributed by atoms with Gasteiger partial charge in [0.15, 0.2) is 5.75 Å². The quantitative estimate of drug-likeness (QED) is 0.303. The number of amides is 2. The van der Waals surface area contributed by atoms with Crippen LogP contribution in [-0.2, 0) is 9.53 Å². The number of carbonyl (C=O) groups is 2. The molecule has 0 spiro atoms. The van der Waals surface area contributed by atoms with Crippen molar-refractivity contribution in [3.05, 3.63) is 70.7 Å². The van der Waals surface area contributed by atoms with Crippen LogP contribution in [-0.4, -0.2) is 38.3 Å². The Morgan fingerprint density at radius 3 is 2.25 bits per heavy atom. The molecule has 3 rings (SSSR count). The van der Waals surface area contributed by atoms with Crippen molar-refractivity contribution in [2.24, 2.45) is 0 Å². The minimum atomic E-state index is -0.560. The number of hydrogen-bond acceptors (Lipinski definition) is 5. The first kappa shape index (κ1) is 27.2. The molecule has 0 saturated carbocycles. The molecule has 0 fully saturated rings. The molecule has 0 aliphatic rings. The van der Waals surface area contributed by atoms with E-state index in [9.17, 15) is 9.59 Å². The molecule has 7 nitrogen and oxygen atoms in total. The minimum Gasteiger partial charge on any atom is -0.496 e. The summed E-state index contributed by atoms with van der Waals surface area (Å²) in [6.45, 7) is 5.21. The first-order chi connectivity index (χ1) is 17.2. The van der Waals surface area contributed by atoms with E-state index in [4.69, 9.17) is 37.4 Å². The van der Waals surface area contributed by atoms with Crippen molar-refractivity contribution in [2.45, 2.75) is 26.8 Å². The van der Waals surface area contributed by atoms with E-state index < -0.39 is 12.0 Å². The van der Waals surface area contributed by atoms with Gasteiger partial charge in [-0.25, -0.2) is 4.79 Å². The first-order valence-corrected chi connectivity index (χ1v) is 12.1. The Kier molecular flexibility index (Phi) is 9.44. The summed E-state index contributed by atoms with van der Waals surface area (Å²) in [7, 11) is 1.60. The Balaban J connectivity index is 1.94. The maximum atomic E-state index is 12.8. The van der Waals surface area contributed by atoms with Crippen LogP contribution in [0.15, 0.2) is 60.7 Å². The van der Waals surface area contributed by atoms with Gasteiger partial charge in [-0.2, -0.15) is 0 Å². The van der Waals surface area contributed by atoms with Crippen molar-refractivity contribution in [3.63, 3.8) is 0 Å². The second-order valence-corrected chi connectivity index (χ2v) is 8.88. The van der Waals surface area contributed by atoms with Crippen LogP contribution in [0.1, 0.15) is 20.8 Å². The topological polar surface area (TPSA) is 77.1 Å². The average Bonchev–Trinajstić information content (AvgIpc) is 2.84. The number of anilines is 1. The van der Waals surface area contributed by atoms with Gasteiger partial charge in [-0.05, 0) is 56.7 Å². The molecule has 3 aromatic rings. The number of ether oxygens (including phenoxy) is 3. The fourth-order valence-electron chi connectivity index (χ4n) is 3.45. The van der Waals surface area contributed by atoms with Crippen molar-refractivity contribution >= 4 is 40.9 Å². The molecule has 0 saturated heterocycles. The highest BCUT2D eigenvalue weighted by Crippen LogP contribution is 2.42. The van der Waals surface area contributed by atoms with E-state index in [1.54, 1.807) is 26.2 Å². The highest BCUT2D eigenvalue weighted by Gasteiger charge is 2.23. The lowest BCUT2D eigenvalue weighted by molar-refractivity contribution is -0.141. The Bertz CT molecular complexity index is 1200. The molecule has 36 heavy (non-hydrogen) atoms. The van der Waals surface area contributed by atoms with Gasteiger partial charge in [-0.15, -0.1) is 0 Å². The van der Waals surface area contributed by atoms with Crippen LogP contribution >= 0.6 is 23.2 Å². The molecule has 2 amide bonds. The first-order valence-electron chi connectivity index (χ1n) is 11.4. The number of halogens is 2. The van der Waals surface area contributed by atoms with Crippen molar-refractivity contribution in [1.29, 1.82) is 0 Å². The predicted octanol–water partition coefficient (Wildman–Crippen LogP) is 6.95. The maximum Gasteiger partial charge on any atom is 0.326 e. The smallest absolute Gasteiger partial charge is 0.326 e. The largest absolute Gasteiger partial charge is 0.496 e. The predicted molar refractivity (Wildman–Crippen MR) is 143 cm³/mol. The van der Waals surface area contributed by atoms with Gasteiger partial charge in [0.05, 0.1) is 23.8 Å². The van der Waals surface area contributed by atoms with Crippen LogP contribution in [0.2, 0.25) is 10.0 Å². The zero-order valence-corrected chi connectivity index (χ0v) is 22.0. The fourth-order valence-corrected chi connectivity index (χ4v) is 4.01. The van der Waals surface area contributed by atoms with Gasteiger partial charge in [-0.1, -0.05) is 53.5 Å². The van der Waals surface area contributed by atoms with Crippen LogP contribution < -0.4 is 19.7 Å². The Morgan fingerprint density at radius 2 is 1.67 bits per heavy atom. The van der Waals surface area contributed by atoms with Crippen molar-refractivity contribution in [3.8, 4) is 28.4 Å². The molecule has 0 unspecified atom stereocenters. The highest BCUT2D eigenvalue weighted by molar-refractivity contribution is 6.37. The van der Waals surface area contributed by atoms with E-state index in [0.29, 0.717) is 17.2 Å². The number of nitrogens with one attached hydrogen (secondary N) is 1. The third-order valence-corrected chi connectivity index (χ3v) is 5.58.